The van der Waals surface area contributed by atoms with E-state index in [0.717, 1.165) is 49.8 Å². The molecule has 0 radical (unpaired) electrons. The number of nitrogens with one attached hydrogen (secondary N) is 1. The summed E-state index contributed by atoms with van der Waals surface area (Å²) in [4.78, 5) is 18.1. The van der Waals surface area contributed by atoms with Crippen LogP contribution in [0.25, 0.3) is 0 Å². The van der Waals surface area contributed by atoms with Crippen LogP contribution in [0.2, 0.25) is 0 Å². The van der Waals surface area contributed by atoms with Crippen molar-refractivity contribution in [1.29, 1.82) is 0 Å². The second kappa shape index (κ2) is 8.91. The SMILES string of the molecule is O=C(C(c1ccccc1)N1CCSCC1)N1CCNC(c2ccccc2)C1. The number of hydrogen-bond acceptors (Lipinski definition) is 4. The molecule has 2 fully saturated rings. The summed E-state index contributed by atoms with van der Waals surface area (Å²) >= 11 is 1.98. The second-order valence-corrected chi connectivity index (χ2v) is 8.39. The monoisotopic (exact) mass is 381 g/mol. The first-order valence-electron chi connectivity index (χ1n) is 9.77. The molecule has 4 nitrogen and oxygen atoms in total. The number of hydrogen-bond donors (Lipinski definition) is 1. The predicted molar refractivity (Wildman–Crippen MR) is 112 cm³/mol. The molecule has 27 heavy (non-hydrogen) atoms. The van der Waals surface area contributed by atoms with Gasteiger partial charge >= 0.3 is 0 Å². The molecule has 2 atom stereocenters. The highest BCUT2D eigenvalue weighted by Gasteiger charge is 2.34. The lowest BCUT2D eigenvalue weighted by Crippen LogP contribution is -2.52. The van der Waals surface area contributed by atoms with Gasteiger partial charge in [-0.1, -0.05) is 60.7 Å². The molecular formula is C22H27N3OS. The summed E-state index contributed by atoms with van der Waals surface area (Å²) in [5.74, 6) is 2.45. The summed E-state index contributed by atoms with van der Waals surface area (Å²) in [5.41, 5.74) is 2.37. The summed E-state index contributed by atoms with van der Waals surface area (Å²) in [7, 11) is 0. The largest absolute Gasteiger partial charge is 0.338 e. The zero-order chi connectivity index (χ0) is 18.5. The minimum Gasteiger partial charge on any atom is -0.338 e. The van der Waals surface area contributed by atoms with Crippen molar-refractivity contribution < 1.29 is 4.79 Å². The topological polar surface area (TPSA) is 35.6 Å². The fourth-order valence-electron chi connectivity index (χ4n) is 4.01. The van der Waals surface area contributed by atoms with Gasteiger partial charge < -0.3 is 10.2 Å². The van der Waals surface area contributed by atoms with E-state index in [2.05, 4.69) is 51.5 Å². The highest BCUT2D eigenvalue weighted by Crippen LogP contribution is 2.28. The van der Waals surface area contributed by atoms with Gasteiger partial charge in [0.2, 0.25) is 5.91 Å². The van der Waals surface area contributed by atoms with E-state index in [-0.39, 0.29) is 18.0 Å². The van der Waals surface area contributed by atoms with Gasteiger partial charge in [-0.25, -0.2) is 0 Å². The Morgan fingerprint density at radius 2 is 1.63 bits per heavy atom. The van der Waals surface area contributed by atoms with Crippen LogP contribution in [0.1, 0.15) is 23.2 Å². The molecule has 2 heterocycles. The highest BCUT2D eigenvalue weighted by atomic mass is 32.2. The highest BCUT2D eigenvalue weighted by molar-refractivity contribution is 7.99. The van der Waals surface area contributed by atoms with Crippen molar-refractivity contribution in [3.63, 3.8) is 0 Å². The average molecular weight is 382 g/mol. The maximum Gasteiger partial charge on any atom is 0.244 e. The van der Waals surface area contributed by atoms with Crippen molar-refractivity contribution in [2.75, 3.05) is 44.2 Å². The van der Waals surface area contributed by atoms with Crippen LogP contribution in [0.5, 0.6) is 0 Å². The molecular weight excluding hydrogens is 354 g/mol. The molecule has 2 saturated heterocycles. The van der Waals surface area contributed by atoms with Crippen LogP contribution in [-0.2, 0) is 4.79 Å². The molecule has 2 aliphatic heterocycles. The third-order valence-electron chi connectivity index (χ3n) is 5.45. The number of benzene rings is 2. The van der Waals surface area contributed by atoms with Crippen molar-refractivity contribution in [1.82, 2.24) is 15.1 Å². The van der Waals surface area contributed by atoms with E-state index in [9.17, 15) is 4.79 Å². The van der Waals surface area contributed by atoms with E-state index in [1.807, 2.05) is 36.0 Å². The first kappa shape index (κ1) is 18.5. The number of amides is 1. The summed E-state index contributed by atoms with van der Waals surface area (Å²) in [6.45, 7) is 4.29. The van der Waals surface area contributed by atoms with Gasteiger partial charge in [-0.15, -0.1) is 0 Å². The number of carbonyl (C=O) groups is 1. The zero-order valence-electron chi connectivity index (χ0n) is 15.6. The predicted octanol–water partition coefficient (Wildman–Crippen LogP) is 2.95. The lowest BCUT2D eigenvalue weighted by atomic mass is 10.0. The Morgan fingerprint density at radius 3 is 2.33 bits per heavy atom. The Kier molecular flexibility index (Phi) is 6.12. The van der Waals surface area contributed by atoms with Gasteiger partial charge in [0.1, 0.15) is 6.04 Å². The molecule has 2 aromatic rings. The van der Waals surface area contributed by atoms with Crippen LogP contribution in [-0.4, -0.2) is 59.9 Å². The molecule has 0 saturated carbocycles. The molecule has 1 N–H and O–H groups in total. The third-order valence-corrected chi connectivity index (χ3v) is 6.39. The van der Waals surface area contributed by atoms with E-state index in [1.165, 1.54) is 5.56 Å². The molecule has 2 aromatic carbocycles. The Morgan fingerprint density at radius 1 is 0.963 bits per heavy atom. The smallest absolute Gasteiger partial charge is 0.244 e. The van der Waals surface area contributed by atoms with Crippen molar-refractivity contribution >= 4 is 17.7 Å². The van der Waals surface area contributed by atoms with E-state index in [4.69, 9.17) is 0 Å². The van der Waals surface area contributed by atoms with Crippen LogP contribution in [0.4, 0.5) is 0 Å². The van der Waals surface area contributed by atoms with Gasteiger partial charge in [-0.3, -0.25) is 9.69 Å². The molecule has 0 bridgehead atoms. The third kappa shape index (κ3) is 4.37. The maximum atomic E-state index is 13.6. The quantitative estimate of drug-likeness (QED) is 0.883. The summed E-state index contributed by atoms with van der Waals surface area (Å²) < 4.78 is 0. The van der Waals surface area contributed by atoms with Crippen LogP contribution in [0.15, 0.2) is 60.7 Å². The lowest BCUT2D eigenvalue weighted by Gasteiger charge is -2.40. The number of rotatable bonds is 4. The maximum absolute atomic E-state index is 13.6. The van der Waals surface area contributed by atoms with Gasteiger partial charge in [-0.2, -0.15) is 11.8 Å². The van der Waals surface area contributed by atoms with Crippen molar-refractivity contribution in [3.05, 3.63) is 71.8 Å². The first-order chi connectivity index (χ1) is 13.3. The molecule has 0 aliphatic carbocycles. The van der Waals surface area contributed by atoms with Crippen molar-refractivity contribution in [2.24, 2.45) is 0 Å². The van der Waals surface area contributed by atoms with Gasteiger partial charge in [0.25, 0.3) is 0 Å². The van der Waals surface area contributed by atoms with Crippen LogP contribution >= 0.6 is 11.8 Å². The summed E-state index contributed by atoms with van der Waals surface area (Å²) in [5, 5.41) is 3.57. The van der Waals surface area contributed by atoms with Gasteiger partial charge in [0.05, 0.1) is 0 Å². The number of thioether (sulfide) groups is 1. The fourth-order valence-corrected chi connectivity index (χ4v) is 4.94. The molecule has 5 heteroatoms. The standard InChI is InChI=1S/C22H27N3OS/c26-22(25-12-11-23-20(17-25)18-7-3-1-4-8-18)21(19-9-5-2-6-10-19)24-13-15-27-16-14-24/h1-10,20-21,23H,11-17H2. The van der Waals surface area contributed by atoms with Gasteiger partial charge in [-0.05, 0) is 11.1 Å². The number of piperazine rings is 1. The number of nitrogens with zero attached hydrogens (tertiary/aromatic N) is 2. The van der Waals surface area contributed by atoms with E-state index in [1.54, 1.807) is 0 Å². The fraction of sp³-hybridized carbons (Fsp3) is 0.409. The average Bonchev–Trinajstić information content (AvgIpc) is 2.76. The molecule has 0 aromatic heterocycles. The number of carbonyl (C=O) groups excluding carboxylic acids is 1. The molecule has 1 amide bonds. The Balaban J connectivity index is 1.55. The Labute approximate surface area is 165 Å². The van der Waals surface area contributed by atoms with E-state index in [0.29, 0.717) is 0 Å². The Hall–Kier alpha value is -1.82. The summed E-state index contributed by atoms with van der Waals surface area (Å²) in [6, 6.07) is 20.8. The van der Waals surface area contributed by atoms with Crippen molar-refractivity contribution in [2.45, 2.75) is 12.1 Å². The minimum atomic E-state index is -0.165. The second-order valence-electron chi connectivity index (χ2n) is 7.16. The zero-order valence-corrected chi connectivity index (χ0v) is 16.4. The lowest BCUT2D eigenvalue weighted by molar-refractivity contribution is -0.138. The van der Waals surface area contributed by atoms with E-state index >= 15 is 0 Å². The summed E-state index contributed by atoms with van der Waals surface area (Å²) in [6.07, 6.45) is 0. The molecule has 0 spiro atoms. The van der Waals surface area contributed by atoms with E-state index < -0.39 is 0 Å². The van der Waals surface area contributed by atoms with Crippen molar-refractivity contribution in [3.8, 4) is 0 Å². The minimum absolute atomic E-state index is 0.165. The van der Waals surface area contributed by atoms with Gasteiger partial charge in [0.15, 0.2) is 0 Å². The van der Waals surface area contributed by atoms with Crippen LogP contribution in [0, 0.1) is 0 Å². The Bertz CT molecular complexity index is 734. The van der Waals surface area contributed by atoms with Crippen LogP contribution < -0.4 is 5.32 Å². The molecule has 4 rings (SSSR count). The first-order valence-corrected chi connectivity index (χ1v) is 10.9. The molecule has 2 aliphatic rings. The van der Waals surface area contributed by atoms with Crippen LogP contribution in [0.3, 0.4) is 0 Å². The normalized spacial score (nSPS) is 22.4. The van der Waals surface area contributed by atoms with Gasteiger partial charge in [0, 0.05) is 50.3 Å². The molecule has 142 valence electrons. The molecule has 2 unspecified atom stereocenters.